The quantitative estimate of drug-likeness (QED) is 0.802. The van der Waals surface area contributed by atoms with Gasteiger partial charge in [-0.15, -0.1) is 0 Å². The van der Waals surface area contributed by atoms with Crippen molar-refractivity contribution in [3.8, 4) is 6.07 Å². The summed E-state index contributed by atoms with van der Waals surface area (Å²) in [6.07, 6.45) is 0.386. The minimum atomic E-state index is -2.49. The zero-order valence-corrected chi connectivity index (χ0v) is 12.3. The molecule has 0 aliphatic carbocycles. The molecule has 0 aliphatic heterocycles. The number of fused-ring (bicyclic) bond motifs is 1. The maximum Gasteiger partial charge on any atom is 0.242 e. The van der Waals surface area contributed by atoms with Crippen LogP contribution >= 0.6 is 0 Å². The maximum atomic E-state index is 12.8. The Morgan fingerprint density at radius 2 is 2.13 bits per heavy atom. The minimum Gasteiger partial charge on any atom is -0.340 e. The molecule has 3 aromatic rings. The van der Waals surface area contributed by atoms with Crippen LogP contribution in [0.15, 0.2) is 36.8 Å². The molecule has 0 saturated heterocycles. The third kappa shape index (κ3) is 3.11. The summed E-state index contributed by atoms with van der Waals surface area (Å²) in [5, 5.41) is 12.0. The number of pyridine rings is 1. The molecule has 0 unspecified atom stereocenters. The zero-order valence-electron chi connectivity index (χ0n) is 12.3. The summed E-state index contributed by atoms with van der Waals surface area (Å²) in [5.41, 5.74) is 2.88. The number of imidazole rings is 1. The first-order chi connectivity index (χ1) is 11.1. The zero-order chi connectivity index (χ0) is 16.4. The number of aromatic nitrogens is 3. The maximum absolute atomic E-state index is 12.8. The van der Waals surface area contributed by atoms with Gasteiger partial charge in [0.05, 0.1) is 29.7 Å². The smallest absolute Gasteiger partial charge is 0.242 e. The Morgan fingerprint density at radius 3 is 2.87 bits per heavy atom. The van der Waals surface area contributed by atoms with Gasteiger partial charge >= 0.3 is 0 Å². The van der Waals surface area contributed by atoms with Crippen LogP contribution < -0.4 is 5.32 Å². The third-order valence-corrected chi connectivity index (χ3v) is 3.48. The standard InChI is InChI=1S/C16H13F2N5/c1-23-9-21-13-8-20-16(6-14(13)23)22-12-3-2-10(7-19)4-11(12)5-15(17)18/h2-4,6,8-9,15H,5H2,1H3,(H,20,22). The molecule has 0 amide bonds. The number of hydrogen-bond acceptors (Lipinski definition) is 4. The Labute approximate surface area is 131 Å². The molecule has 0 bridgehead atoms. The Balaban J connectivity index is 1.97. The lowest BCUT2D eigenvalue weighted by Crippen LogP contribution is -2.03. The number of nitrogens with zero attached hydrogens (tertiary/aromatic N) is 4. The molecule has 0 radical (unpaired) electrons. The number of hydrogen-bond donors (Lipinski definition) is 1. The lowest BCUT2D eigenvalue weighted by molar-refractivity contribution is 0.149. The highest BCUT2D eigenvalue weighted by Gasteiger charge is 2.12. The van der Waals surface area contributed by atoms with Crippen LogP contribution in [-0.4, -0.2) is 21.0 Å². The molecule has 0 atom stereocenters. The predicted molar refractivity (Wildman–Crippen MR) is 82.7 cm³/mol. The third-order valence-electron chi connectivity index (χ3n) is 3.48. The van der Waals surface area contributed by atoms with Crippen LogP contribution in [0.25, 0.3) is 11.0 Å². The van der Waals surface area contributed by atoms with Crippen LogP contribution in [0.2, 0.25) is 0 Å². The fourth-order valence-electron chi connectivity index (χ4n) is 2.36. The predicted octanol–water partition coefficient (Wildman–Crippen LogP) is 3.39. The largest absolute Gasteiger partial charge is 0.340 e. The number of anilines is 2. The van der Waals surface area contributed by atoms with Crippen molar-refractivity contribution in [3.05, 3.63) is 47.9 Å². The van der Waals surface area contributed by atoms with Gasteiger partial charge in [-0.2, -0.15) is 5.26 Å². The number of benzene rings is 1. The highest BCUT2D eigenvalue weighted by molar-refractivity contribution is 5.78. The summed E-state index contributed by atoms with van der Waals surface area (Å²) in [6, 6.07) is 8.43. The molecule has 2 aromatic heterocycles. The van der Waals surface area contributed by atoms with Gasteiger partial charge in [0.1, 0.15) is 11.3 Å². The van der Waals surface area contributed by atoms with Crippen LogP contribution in [0.4, 0.5) is 20.3 Å². The van der Waals surface area contributed by atoms with E-state index in [4.69, 9.17) is 5.26 Å². The van der Waals surface area contributed by atoms with Gasteiger partial charge in [-0.05, 0) is 23.8 Å². The average Bonchev–Trinajstić information content (AvgIpc) is 2.89. The number of nitriles is 1. The van der Waals surface area contributed by atoms with E-state index in [1.807, 2.05) is 17.7 Å². The van der Waals surface area contributed by atoms with E-state index in [0.29, 0.717) is 22.6 Å². The second kappa shape index (κ2) is 6.01. The Kier molecular flexibility index (Phi) is 3.89. The molecular weight excluding hydrogens is 300 g/mol. The van der Waals surface area contributed by atoms with Crippen LogP contribution in [0.5, 0.6) is 0 Å². The van der Waals surface area contributed by atoms with E-state index in [1.165, 1.54) is 6.07 Å². The van der Waals surface area contributed by atoms with Gasteiger partial charge in [0.15, 0.2) is 0 Å². The molecular formula is C16H13F2N5. The van der Waals surface area contributed by atoms with Gasteiger partial charge in [-0.3, -0.25) is 0 Å². The molecule has 0 saturated carbocycles. The number of nitrogens with one attached hydrogen (secondary N) is 1. The van der Waals surface area contributed by atoms with E-state index >= 15 is 0 Å². The molecule has 0 aliphatic rings. The average molecular weight is 313 g/mol. The van der Waals surface area contributed by atoms with Gasteiger partial charge in [0.25, 0.3) is 0 Å². The molecule has 2 heterocycles. The van der Waals surface area contributed by atoms with Crippen LogP contribution in [0.3, 0.4) is 0 Å². The van der Waals surface area contributed by atoms with Crippen LogP contribution in [0.1, 0.15) is 11.1 Å². The summed E-state index contributed by atoms with van der Waals surface area (Å²) in [5.74, 6) is 0.529. The number of rotatable bonds is 4. The molecule has 116 valence electrons. The van der Waals surface area contributed by atoms with E-state index in [-0.39, 0.29) is 0 Å². The van der Waals surface area contributed by atoms with E-state index in [0.717, 1.165) is 11.0 Å². The van der Waals surface area contributed by atoms with Crippen molar-refractivity contribution in [1.82, 2.24) is 14.5 Å². The van der Waals surface area contributed by atoms with Gasteiger partial charge in [0, 0.05) is 25.2 Å². The summed E-state index contributed by atoms with van der Waals surface area (Å²) in [7, 11) is 1.86. The number of alkyl halides is 2. The molecule has 0 fully saturated rings. The minimum absolute atomic E-state index is 0.348. The van der Waals surface area contributed by atoms with Crippen molar-refractivity contribution in [2.45, 2.75) is 12.8 Å². The van der Waals surface area contributed by atoms with Crippen molar-refractivity contribution >= 4 is 22.5 Å². The van der Waals surface area contributed by atoms with E-state index in [1.54, 1.807) is 30.7 Å². The van der Waals surface area contributed by atoms with E-state index in [9.17, 15) is 8.78 Å². The second-order valence-corrected chi connectivity index (χ2v) is 5.12. The molecule has 1 N–H and O–H groups in total. The van der Waals surface area contributed by atoms with Gasteiger partial charge in [0.2, 0.25) is 6.43 Å². The van der Waals surface area contributed by atoms with Crippen molar-refractivity contribution in [2.75, 3.05) is 5.32 Å². The highest BCUT2D eigenvalue weighted by Crippen LogP contribution is 2.25. The SMILES string of the molecule is Cn1cnc2cnc(Nc3ccc(C#N)cc3CC(F)F)cc21. The Bertz CT molecular complexity index is 895. The lowest BCUT2D eigenvalue weighted by atomic mass is 10.1. The second-order valence-electron chi connectivity index (χ2n) is 5.12. The summed E-state index contributed by atoms with van der Waals surface area (Å²) in [4.78, 5) is 8.42. The molecule has 23 heavy (non-hydrogen) atoms. The number of halogens is 2. The van der Waals surface area contributed by atoms with Gasteiger partial charge in [-0.1, -0.05) is 0 Å². The van der Waals surface area contributed by atoms with Gasteiger partial charge < -0.3 is 9.88 Å². The van der Waals surface area contributed by atoms with E-state index < -0.39 is 12.8 Å². The first kappa shape index (κ1) is 14.9. The lowest BCUT2D eigenvalue weighted by Gasteiger charge is -2.12. The van der Waals surface area contributed by atoms with Crippen LogP contribution in [0, 0.1) is 11.3 Å². The van der Waals surface area contributed by atoms with Gasteiger partial charge in [-0.25, -0.2) is 18.7 Å². The Morgan fingerprint density at radius 1 is 1.30 bits per heavy atom. The molecule has 0 spiro atoms. The number of aryl methyl sites for hydroxylation is 1. The van der Waals surface area contributed by atoms with Crippen LogP contribution in [-0.2, 0) is 13.5 Å². The first-order valence-electron chi connectivity index (χ1n) is 6.92. The van der Waals surface area contributed by atoms with Crippen molar-refractivity contribution in [2.24, 2.45) is 7.05 Å². The first-order valence-corrected chi connectivity index (χ1v) is 6.92. The van der Waals surface area contributed by atoms with E-state index in [2.05, 4.69) is 15.3 Å². The van der Waals surface area contributed by atoms with Crippen molar-refractivity contribution < 1.29 is 8.78 Å². The topological polar surface area (TPSA) is 66.5 Å². The normalized spacial score (nSPS) is 10.9. The van der Waals surface area contributed by atoms with Crippen molar-refractivity contribution in [3.63, 3.8) is 0 Å². The monoisotopic (exact) mass is 313 g/mol. The Hall–Kier alpha value is -3.01. The fraction of sp³-hybridized carbons (Fsp3) is 0.188. The molecule has 3 rings (SSSR count). The molecule has 1 aromatic carbocycles. The summed E-state index contributed by atoms with van der Waals surface area (Å²) < 4.78 is 27.4. The summed E-state index contributed by atoms with van der Waals surface area (Å²) >= 11 is 0. The highest BCUT2D eigenvalue weighted by atomic mass is 19.3. The summed E-state index contributed by atoms with van der Waals surface area (Å²) in [6.45, 7) is 0. The molecule has 5 nitrogen and oxygen atoms in total. The van der Waals surface area contributed by atoms with Crippen molar-refractivity contribution in [1.29, 1.82) is 5.26 Å². The fourth-order valence-corrected chi connectivity index (χ4v) is 2.36. The molecule has 7 heteroatoms.